The largest absolute Gasteiger partial charge is 0.508 e. The van der Waals surface area contributed by atoms with Crippen molar-refractivity contribution in [1.29, 1.82) is 0 Å². The zero-order chi connectivity index (χ0) is 98.6. The molecule has 20 rings (SSSR count). The number of halogens is 1. The monoisotopic (exact) mass is 1920 g/mol. The number of ether oxygens (including phenoxy) is 1. The van der Waals surface area contributed by atoms with Crippen molar-refractivity contribution in [2.24, 2.45) is 46.0 Å². The van der Waals surface area contributed by atoms with Gasteiger partial charge in [0.05, 0.1) is 42.0 Å². The van der Waals surface area contributed by atoms with Gasteiger partial charge in [-0.1, -0.05) is 100.0 Å². The van der Waals surface area contributed by atoms with Crippen molar-refractivity contribution < 1.29 is 77.1 Å². The second-order valence-electron chi connectivity index (χ2n) is 31.9. The molecule has 8 aromatic heterocycles. The minimum absolute atomic E-state index is 0.000807. The summed E-state index contributed by atoms with van der Waals surface area (Å²) in [4.78, 5) is 104. The first-order valence-corrected chi connectivity index (χ1v) is 44.3. The fraction of sp³-hybridized carbons (Fsp3) is 0.226. The molecular weight excluding hydrogens is 1840 g/mol. The molecule has 17 aromatic rings. The molecule has 8 heterocycles. The van der Waals surface area contributed by atoms with Crippen LogP contribution in [0.1, 0.15) is 124 Å². The SMILES string of the molecule is CC(=O)n1c(=O)c(N=Nc2noc3cc(F)ccc23)c(O)c2ccccc21.CCn1c(O)c(N=Nc2noc3ccc(SC)cc23)c(=O)n(C(C)C)c1=O.COc1cc(CO)cc2onc(NN=c3c(=O)c4ccccc4c3=O)c12.O=c1c(N=Nc2noc3cccc(O)c23)c(O)n(C2CCCC2)c(=S)n1C1CCCC1.[C-]#[N+]c1cc2onc(N=NC3=C(O)c4cc(N)cc(O)c4CC3=O)c2cc1C. The predicted octanol–water partition coefficient (Wildman–Crippen LogP) is 18.4. The Morgan fingerprint density at radius 3 is 1.85 bits per heavy atom. The molecule has 0 atom stereocenters. The Kier molecular flexibility index (Phi) is 27.2. The fourth-order valence-electron chi connectivity index (χ4n) is 16.2. The van der Waals surface area contributed by atoms with Crippen LogP contribution in [0.4, 0.5) is 61.9 Å². The number of anilines is 2. The molecule has 0 radical (unpaired) electrons. The average molecular weight is 1920 g/mol. The number of aromatic hydroxyl groups is 5. The molecule has 9 aromatic carbocycles. The van der Waals surface area contributed by atoms with Crippen LogP contribution in [0.25, 0.3) is 87.1 Å². The lowest BCUT2D eigenvalue weighted by molar-refractivity contribution is -0.115. The van der Waals surface area contributed by atoms with E-state index in [4.69, 9.17) is 51.9 Å². The summed E-state index contributed by atoms with van der Waals surface area (Å²) < 4.78 is 50.9. The number of thioether (sulfide) groups is 1. The van der Waals surface area contributed by atoms with Crippen LogP contribution in [-0.4, -0.2) is 109 Å². The number of aliphatic hydroxyl groups is 2. The molecule has 43 nitrogen and oxygen atoms in total. The van der Waals surface area contributed by atoms with Crippen molar-refractivity contribution in [3.05, 3.63) is 257 Å². The number of allylic oxidation sites excluding steroid dienone is 1. The van der Waals surface area contributed by atoms with Crippen LogP contribution in [0.2, 0.25) is 0 Å². The summed E-state index contributed by atoms with van der Waals surface area (Å²) in [6.07, 6.45) is 9.50. The maximum absolute atomic E-state index is 13.3. The Morgan fingerprint density at radius 2 is 1.21 bits per heavy atom. The van der Waals surface area contributed by atoms with Gasteiger partial charge in [0, 0.05) is 88.0 Å². The number of rotatable bonds is 17. The highest BCUT2D eigenvalue weighted by Crippen LogP contribution is 2.44. The highest BCUT2D eigenvalue weighted by atomic mass is 32.2. The molecule has 0 spiro atoms. The van der Waals surface area contributed by atoms with Crippen molar-refractivity contribution in [3.63, 3.8) is 0 Å². The van der Waals surface area contributed by atoms with Crippen LogP contribution in [0.5, 0.6) is 34.8 Å². The van der Waals surface area contributed by atoms with E-state index in [1.54, 1.807) is 140 Å². The summed E-state index contributed by atoms with van der Waals surface area (Å²) in [5.41, 5.74) is 8.24. The summed E-state index contributed by atoms with van der Waals surface area (Å²) in [6, 6.07) is 35.9. The Labute approximate surface area is 787 Å². The fourth-order valence-corrected chi connectivity index (χ4v) is 17.1. The van der Waals surface area contributed by atoms with Crippen LogP contribution in [0, 0.1) is 24.1 Å². The number of benzene rings is 8. The molecule has 706 valence electrons. The molecule has 0 saturated heterocycles. The lowest BCUT2D eigenvalue weighted by Crippen LogP contribution is -2.40. The van der Waals surface area contributed by atoms with Gasteiger partial charge >= 0.3 is 5.69 Å². The van der Waals surface area contributed by atoms with Gasteiger partial charge in [0.25, 0.3) is 16.7 Å². The molecule has 0 amide bonds. The topological polar surface area (TPSA) is 596 Å². The molecule has 2 fully saturated rings. The molecule has 139 heavy (non-hydrogen) atoms. The van der Waals surface area contributed by atoms with E-state index in [0.29, 0.717) is 81.8 Å². The number of aliphatic hydroxyl groups excluding tert-OH is 2. The highest BCUT2D eigenvalue weighted by Gasteiger charge is 2.33. The number of nitrogens with zero attached hydrogens (tertiary/aromatic N) is 20. The van der Waals surface area contributed by atoms with E-state index in [9.17, 15) is 78.5 Å². The van der Waals surface area contributed by atoms with Gasteiger partial charge in [0.1, 0.15) is 33.8 Å². The standard InChI is InChI=1S/C21H23N5O4S.C19H13N5O4.C18H11FN4O4.C18H13N3O5.C17H19N5O4S/c27-14-10-5-11-15-16(14)18(24-30-15)23-22-17-19(28)25(12-6-1-2-7-12)21(31)26(20(17)29)13-8-3-4-9-13;1-8-3-12-16(7-13(8)21-2)28-24-19(12)23-22-17-15(26)6-10-11(18(17)27)4-9(20)5-14(10)25;1-9(24)23-13-5-3-2-4-11(13)16(25)15(18(23)26)20-21-17-12-7-6-10(19)8-14(12)27-22-17;1-25-12-6-9(8-22)7-13-14(12)18(21-26-13)20-19-15-16(23)10-4-2-3-5-11(10)17(15)24;1-5-21-15(23)13(16(24)22(9(2)3)17(21)25)18-19-14-11-8-10(27-4)6-7-12(11)26-20-14/h5,10-13,27-28H,1-4,6-9H2;3-5,7,25,27H,6,20H2,1H3;2-8,25H,1H3;2-7,22H,8H2,1H3,(H,20,21);6-9,23H,5H2,1-4H3. The van der Waals surface area contributed by atoms with Gasteiger partial charge in [-0.05, 0) is 162 Å². The highest BCUT2D eigenvalue weighted by molar-refractivity contribution is 7.98. The third-order valence-corrected chi connectivity index (χ3v) is 24.1. The van der Waals surface area contributed by atoms with Crippen molar-refractivity contribution >= 4 is 175 Å². The van der Waals surface area contributed by atoms with Crippen LogP contribution in [-0.2, 0) is 24.4 Å². The number of carbonyl (C=O) groups is 2. The van der Waals surface area contributed by atoms with Crippen molar-refractivity contribution in [2.45, 2.75) is 129 Å². The average Bonchev–Trinajstić information content (AvgIpc) is 1.58. The van der Waals surface area contributed by atoms with E-state index in [0.717, 1.165) is 81.6 Å². The number of nitrogen functional groups attached to an aromatic ring is 1. The molecule has 46 heteroatoms. The number of phenolic OH excluding ortho intramolecular Hbond substituents is 2. The van der Waals surface area contributed by atoms with Crippen LogP contribution in [0.15, 0.2) is 248 Å². The van der Waals surface area contributed by atoms with E-state index in [2.05, 4.69) is 82.1 Å². The van der Waals surface area contributed by atoms with E-state index < -0.39 is 79.9 Å². The lowest BCUT2D eigenvalue weighted by Gasteiger charge is -2.23. The number of para-hydroxylation sites is 1. The number of aryl methyl sites for hydroxylation is 1. The number of nitrogens with two attached hydrogens (primary N) is 1. The van der Waals surface area contributed by atoms with Crippen molar-refractivity contribution in [3.8, 4) is 34.8 Å². The first kappa shape index (κ1) is 94.7. The number of carbonyl (C=O) groups excluding carboxylic acids is 2. The maximum Gasteiger partial charge on any atom is 0.334 e. The van der Waals surface area contributed by atoms with Crippen LogP contribution in [0.3, 0.4) is 0 Å². The first-order valence-electron chi connectivity index (χ1n) is 42.7. The lowest BCUT2D eigenvalue weighted by atomic mass is 9.92. The molecule has 3 aliphatic rings. The minimum Gasteiger partial charge on any atom is -0.508 e. The maximum atomic E-state index is 13.3. The Balaban J connectivity index is 0.000000126. The van der Waals surface area contributed by atoms with Crippen molar-refractivity contribution in [1.82, 2.24) is 48.6 Å². The van der Waals surface area contributed by atoms with E-state index in [1.807, 2.05) is 18.4 Å². The predicted molar refractivity (Wildman–Crippen MR) is 508 cm³/mol. The Hall–Kier alpha value is -17.5. The first-order chi connectivity index (χ1) is 66.9. The van der Waals surface area contributed by atoms with E-state index >= 15 is 0 Å². The van der Waals surface area contributed by atoms with Crippen LogP contribution < -0.4 is 54.5 Å². The molecule has 2 saturated carbocycles. The number of fused-ring (bicyclic) bond motifs is 8. The molecule has 0 unspecified atom stereocenters. The van der Waals surface area contributed by atoms with Gasteiger partial charge < -0.3 is 68.8 Å². The Morgan fingerprint density at radius 1 is 0.619 bits per heavy atom. The third kappa shape index (κ3) is 18.5. The number of hydrogen-bond acceptors (Lipinski definition) is 39. The minimum atomic E-state index is -0.818. The smallest absolute Gasteiger partial charge is 0.334 e. The second kappa shape index (κ2) is 40.0. The van der Waals surface area contributed by atoms with Gasteiger partial charge in [0.15, 0.2) is 72.4 Å². The van der Waals surface area contributed by atoms with E-state index in [-0.39, 0.29) is 134 Å². The molecule has 3 aliphatic carbocycles. The Bertz CT molecular complexity index is 8510. The van der Waals surface area contributed by atoms with Gasteiger partial charge in [-0.3, -0.25) is 57.3 Å². The number of phenols is 2. The summed E-state index contributed by atoms with van der Waals surface area (Å²) in [5, 5.41) is 129. The summed E-state index contributed by atoms with van der Waals surface area (Å²) >= 11 is 7.23. The van der Waals surface area contributed by atoms with Gasteiger partial charge in [0.2, 0.25) is 69.0 Å². The number of methoxy groups -OCH3 is 1. The summed E-state index contributed by atoms with van der Waals surface area (Å²) in [6.45, 7) is 15.2. The number of hydrogen-bond donors (Lipinski definition) is 9. The summed E-state index contributed by atoms with van der Waals surface area (Å²) in [5.74, 6) is -2.42. The normalized spacial score (nSPS) is 13.5. The van der Waals surface area contributed by atoms with E-state index in [1.165, 1.54) is 44.4 Å². The zero-order valence-electron chi connectivity index (χ0n) is 74.4. The number of azo groups is 4. The number of pyridine rings is 1. The molecular formula is C93H79FN22O21S2. The van der Waals surface area contributed by atoms with Gasteiger partial charge in [-0.2, -0.15) is 5.10 Å². The van der Waals surface area contributed by atoms with Crippen LogP contribution >= 0.6 is 24.0 Å². The number of nitrogens with one attached hydrogen (secondary N) is 1. The molecule has 0 aliphatic heterocycles. The second-order valence-corrected chi connectivity index (χ2v) is 33.2. The number of ketones is 1. The third-order valence-electron chi connectivity index (χ3n) is 23.0. The number of aromatic nitrogens is 10. The van der Waals surface area contributed by atoms with Gasteiger partial charge in [-0.15, -0.1) is 52.7 Å². The molecule has 10 N–H and O–H groups in total. The quantitative estimate of drug-likeness (QED) is 0.0102. The van der Waals surface area contributed by atoms with Gasteiger partial charge in [-0.25, -0.2) is 18.6 Å². The molecule has 0 bridgehead atoms. The number of Topliss-reactive ketones (excluding diaryl/α,β-unsaturated/α-hetero) is 1. The zero-order valence-corrected chi connectivity index (χ0v) is 76.0. The summed E-state index contributed by atoms with van der Waals surface area (Å²) in [7, 11) is 1.47. The van der Waals surface area contributed by atoms with Crippen molar-refractivity contribution in [2.75, 3.05) is 24.5 Å².